The number of hydrogen-bond donors (Lipinski definition) is 3. The summed E-state index contributed by atoms with van der Waals surface area (Å²) in [5.74, 6) is 2.13. The second-order valence-electron chi connectivity index (χ2n) is 9.17. The molecule has 0 radical (unpaired) electrons. The smallest absolute Gasteiger partial charge is 0.119 e. The van der Waals surface area contributed by atoms with E-state index in [1.54, 1.807) is 14.2 Å². The van der Waals surface area contributed by atoms with Crippen molar-refractivity contribution >= 4 is 0 Å². The first-order chi connectivity index (χ1) is 18.5. The molecule has 0 aromatic heterocycles. The number of rotatable bonds is 13. The summed E-state index contributed by atoms with van der Waals surface area (Å²) >= 11 is 0. The highest BCUT2D eigenvalue weighted by atomic mass is 16.5. The van der Waals surface area contributed by atoms with Crippen molar-refractivity contribution in [2.24, 2.45) is 0 Å². The molecule has 6 heteroatoms. The molecule has 0 heterocycles. The van der Waals surface area contributed by atoms with E-state index in [1.807, 2.05) is 109 Å². The van der Waals surface area contributed by atoms with E-state index in [1.165, 1.54) is 0 Å². The Morgan fingerprint density at radius 1 is 0.684 bits per heavy atom. The molecule has 0 amide bonds. The van der Waals surface area contributed by atoms with Gasteiger partial charge in [0.1, 0.15) is 35.6 Å². The topological polar surface area (TPSA) is 80.2 Å². The Balaban J connectivity index is 1.59. The van der Waals surface area contributed by atoms with E-state index in [2.05, 4.69) is 5.32 Å². The van der Waals surface area contributed by atoms with Gasteiger partial charge in [-0.1, -0.05) is 72.8 Å². The van der Waals surface area contributed by atoms with E-state index in [0.717, 1.165) is 16.7 Å². The van der Waals surface area contributed by atoms with Crippen LogP contribution in [-0.2, 0) is 5.60 Å². The molecule has 0 aliphatic rings. The molecule has 0 saturated carbocycles. The summed E-state index contributed by atoms with van der Waals surface area (Å²) < 4.78 is 16.4. The van der Waals surface area contributed by atoms with Gasteiger partial charge in [0.2, 0.25) is 0 Å². The zero-order chi connectivity index (χ0) is 26.8. The van der Waals surface area contributed by atoms with Gasteiger partial charge < -0.3 is 29.7 Å². The second kappa shape index (κ2) is 13.1. The number of para-hydroxylation sites is 1. The molecule has 3 N–H and O–H groups in total. The third-order valence-electron chi connectivity index (χ3n) is 6.62. The van der Waals surface area contributed by atoms with Crippen LogP contribution in [-0.4, -0.2) is 43.7 Å². The summed E-state index contributed by atoms with van der Waals surface area (Å²) in [6, 6.07) is 34.0. The van der Waals surface area contributed by atoms with Crippen molar-refractivity contribution in [3.05, 3.63) is 126 Å². The molecule has 4 aromatic rings. The monoisotopic (exact) mass is 513 g/mol. The first-order valence-electron chi connectivity index (χ1n) is 12.7. The predicted molar refractivity (Wildman–Crippen MR) is 149 cm³/mol. The fourth-order valence-electron chi connectivity index (χ4n) is 4.47. The molecule has 1 unspecified atom stereocenters. The molecule has 0 bridgehead atoms. The standard InChI is InChI=1S/C32H35NO5/c1-36-28-17-13-25(14-18-28)32(35,26-15-19-29(37-2)20-16-26)21-31(24-9-5-3-6-10-24)33-22-27(34)23-38-30-11-7-4-8-12-30/h3-20,27,31,33-35H,21-23H2,1-2H3/t27-,31?/m1/s1. The highest BCUT2D eigenvalue weighted by Crippen LogP contribution is 2.39. The van der Waals surface area contributed by atoms with Gasteiger partial charge in [-0.25, -0.2) is 0 Å². The molecular weight excluding hydrogens is 478 g/mol. The van der Waals surface area contributed by atoms with Crippen molar-refractivity contribution in [3.63, 3.8) is 0 Å². The lowest BCUT2D eigenvalue weighted by molar-refractivity contribution is 0.0530. The van der Waals surface area contributed by atoms with Crippen molar-refractivity contribution in [2.45, 2.75) is 24.2 Å². The Labute approximate surface area is 224 Å². The molecule has 0 aliphatic heterocycles. The average Bonchev–Trinajstić information content (AvgIpc) is 2.99. The first-order valence-corrected chi connectivity index (χ1v) is 12.7. The fraction of sp³-hybridized carbons (Fsp3) is 0.250. The summed E-state index contributed by atoms with van der Waals surface area (Å²) in [5, 5.41) is 26.5. The Kier molecular flexibility index (Phi) is 9.38. The zero-order valence-electron chi connectivity index (χ0n) is 21.8. The van der Waals surface area contributed by atoms with E-state index in [-0.39, 0.29) is 19.2 Å². The molecule has 2 atom stereocenters. The number of aliphatic hydroxyl groups excluding tert-OH is 1. The SMILES string of the molecule is COc1ccc(C(O)(CC(NC[C@@H](O)COc2ccccc2)c2ccccc2)c2ccc(OC)cc2)cc1. The van der Waals surface area contributed by atoms with Gasteiger partial charge in [0.25, 0.3) is 0 Å². The number of ether oxygens (including phenoxy) is 3. The maximum atomic E-state index is 12.3. The van der Waals surface area contributed by atoms with E-state index in [4.69, 9.17) is 14.2 Å². The number of benzene rings is 4. The fourth-order valence-corrected chi connectivity index (χ4v) is 4.47. The van der Waals surface area contributed by atoms with E-state index in [9.17, 15) is 10.2 Å². The van der Waals surface area contributed by atoms with Gasteiger partial charge in [-0.05, 0) is 53.1 Å². The number of methoxy groups -OCH3 is 2. The molecule has 4 rings (SSSR count). The molecular formula is C32H35NO5. The lowest BCUT2D eigenvalue weighted by Crippen LogP contribution is -2.38. The minimum atomic E-state index is -1.34. The quantitative estimate of drug-likeness (QED) is 0.231. The number of nitrogens with one attached hydrogen (secondary N) is 1. The van der Waals surface area contributed by atoms with Crippen LogP contribution in [0.2, 0.25) is 0 Å². The first kappa shape index (κ1) is 27.2. The largest absolute Gasteiger partial charge is 0.497 e. The summed E-state index contributed by atoms with van der Waals surface area (Å²) in [4.78, 5) is 0. The second-order valence-corrected chi connectivity index (χ2v) is 9.17. The van der Waals surface area contributed by atoms with Crippen LogP contribution in [0.15, 0.2) is 109 Å². The maximum Gasteiger partial charge on any atom is 0.119 e. The van der Waals surface area contributed by atoms with Crippen LogP contribution in [0, 0.1) is 0 Å². The minimum absolute atomic E-state index is 0.153. The van der Waals surface area contributed by atoms with Crippen LogP contribution in [0.5, 0.6) is 17.2 Å². The van der Waals surface area contributed by atoms with Gasteiger partial charge >= 0.3 is 0 Å². The normalized spacial score (nSPS) is 12.9. The summed E-state index contributed by atoms with van der Waals surface area (Å²) in [6.45, 7) is 0.438. The third-order valence-corrected chi connectivity index (χ3v) is 6.62. The van der Waals surface area contributed by atoms with Gasteiger partial charge in [-0.2, -0.15) is 0 Å². The summed E-state index contributed by atoms with van der Waals surface area (Å²) in [5.41, 5.74) is 1.14. The molecule has 0 spiro atoms. The van der Waals surface area contributed by atoms with Crippen molar-refractivity contribution in [2.75, 3.05) is 27.4 Å². The molecule has 38 heavy (non-hydrogen) atoms. The third kappa shape index (κ3) is 6.92. The van der Waals surface area contributed by atoms with Gasteiger partial charge in [-0.3, -0.25) is 0 Å². The molecule has 4 aromatic carbocycles. The van der Waals surface area contributed by atoms with Crippen LogP contribution in [0.4, 0.5) is 0 Å². The van der Waals surface area contributed by atoms with Crippen molar-refractivity contribution < 1.29 is 24.4 Å². The molecule has 0 saturated heterocycles. The predicted octanol–water partition coefficient (Wildman–Crippen LogP) is 5.10. The Morgan fingerprint density at radius 2 is 1.18 bits per heavy atom. The lowest BCUT2D eigenvalue weighted by atomic mass is 9.79. The van der Waals surface area contributed by atoms with E-state index in [0.29, 0.717) is 23.7 Å². The Morgan fingerprint density at radius 3 is 1.68 bits per heavy atom. The number of hydrogen-bond acceptors (Lipinski definition) is 6. The van der Waals surface area contributed by atoms with Gasteiger partial charge in [0.05, 0.1) is 14.2 Å². The molecule has 0 aliphatic carbocycles. The molecule has 0 fully saturated rings. The van der Waals surface area contributed by atoms with Gasteiger partial charge in [-0.15, -0.1) is 0 Å². The van der Waals surface area contributed by atoms with Crippen LogP contribution >= 0.6 is 0 Å². The van der Waals surface area contributed by atoms with E-state index < -0.39 is 11.7 Å². The van der Waals surface area contributed by atoms with Gasteiger partial charge in [0, 0.05) is 19.0 Å². The maximum absolute atomic E-state index is 12.3. The van der Waals surface area contributed by atoms with Crippen molar-refractivity contribution in [3.8, 4) is 17.2 Å². The zero-order valence-corrected chi connectivity index (χ0v) is 21.8. The lowest BCUT2D eigenvalue weighted by Gasteiger charge is -2.34. The Bertz CT molecular complexity index is 1180. The summed E-state index contributed by atoms with van der Waals surface area (Å²) in [7, 11) is 3.24. The van der Waals surface area contributed by atoms with Crippen LogP contribution in [0.1, 0.15) is 29.2 Å². The van der Waals surface area contributed by atoms with Gasteiger partial charge in [0.15, 0.2) is 0 Å². The highest BCUT2D eigenvalue weighted by molar-refractivity contribution is 5.41. The van der Waals surface area contributed by atoms with Crippen molar-refractivity contribution in [1.82, 2.24) is 5.32 Å². The highest BCUT2D eigenvalue weighted by Gasteiger charge is 2.35. The Hall–Kier alpha value is -3.84. The molecule has 198 valence electrons. The number of aliphatic hydroxyl groups is 2. The van der Waals surface area contributed by atoms with Crippen LogP contribution < -0.4 is 19.5 Å². The van der Waals surface area contributed by atoms with E-state index >= 15 is 0 Å². The summed E-state index contributed by atoms with van der Waals surface area (Å²) in [6.07, 6.45) is -0.418. The average molecular weight is 514 g/mol. The minimum Gasteiger partial charge on any atom is -0.497 e. The molecule has 6 nitrogen and oxygen atoms in total. The van der Waals surface area contributed by atoms with Crippen LogP contribution in [0.3, 0.4) is 0 Å². The van der Waals surface area contributed by atoms with Crippen molar-refractivity contribution in [1.29, 1.82) is 0 Å². The van der Waals surface area contributed by atoms with Crippen LogP contribution in [0.25, 0.3) is 0 Å².